The summed E-state index contributed by atoms with van der Waals surface area (Å²) in [6, 6.07) is 0.645. The Kier molecular flexibility index (Phi) is 4.99. The summed E-state index contributed by atoms with van der Waals surface area (Å²) < 4.78 is 0. The third-order valence-electron chi connectivity index (χ3n) is 2.67. The highest BCUT2D eigenvalue weighted by molar-refractivity contribution is 7.11. The van der Waals surface area contributed by atoms with Gasteiger partial charge in [0, 0.05) is 43.3 Å². The van der Waals surface area contributed by atoms with Gasteiger partial charge in [-0.05, 0) is 13.8 Å². The van der Waals surface area contributed by atoms with Crippen LogP contribution in [0.25, 0.3) is 0 Å². The Morgan fingerprint density at radius 2 is 2.47 bits per heavy atom. The van der Waals surface area contributed by atoms with Crippen LogP contribution in [0.2, 0.25) is 0 Å². The predicted octanol–water partition coefficient (Wildman–Crippen LogP) is 1.67. The molecule has 1 aliphatic rings. The summed E-state index contributed by atoms with van der Waals surface area (Å²) in [6.07, 6.45) is 2.01. The van der Waals surface area contributed by atoms with Crippen molar-refractivity contribution in [1.29, 1.82) is 0 Å². The molecule has 2 heterocycles. The molecule has 0 aromatic carbocycles. The van der Waals surface area contributed by atoms with Crippen molar-refractivity contribution < 1.29 is 0 Å². The van der Waals surface area contributed by atoms with Gasteiger partial charge >= 0.3 is 0 Å². The molecule has 0 bridgehead atoms. The number of aryl methyl sites for hydroxylation is 1. The first-order chi connectivity index (χ1) is 6.75. The monoisotopic (exact) mass is 247 g/mol. The van der Waals surface area contributed by atoms with E-state index in [1.807, 2.05) is 17.5 Å². The first-order valence-electron chi connectivity index (χ1n) is 5.12. The van der Waals surface area contributed by atoms with Gasteiger partial charge in [0.1, 0.15) is 0 Å². The Labute approximate surface area is 101 Å². The van der Waals surface area contributed by atoms with E-state index in [1.54, 1.807) is 0 Å². The summed E-state index contributed by atoms with van der Waals surface area (Å²) in [5.74, 6) is 0. The number of rotatable bonds is 2. The Hall–Kier alpha value is -0.160. The van der Waals surface area contributed by atoms with Gasteiger partial charge in [0.2, 0.25) is 0 Å². The molecule has 1 aliphatic heterocycles. The zero-order valence-corrected chi connectivity index (χ0v) is 10.8. The average molecular weight is 248 g/mol. The molecule has 1 N–H and O–H groups in total. The van der Waals surface area contributed by atoms with Crippen LogP contribution in [0.15, 0.2) is 6.20 Å². The van der Waals surface area contributed by atoms with Gasteiger partial charge < -0.3 is 5.32 Å². The molecule has 0 saturated carbocycles. The SMILES string of the molecule is Cc1ncc(CN2CCNCC2C)s1.Cl. The maximum atomic E-state index is 4.28. The fourth-order valence-corrected chi connectivity index (χ4v) is 2.62. The highest BCUT2D eigenvalue weighted by atomic mass is 35.5. The van der Waals surface area contributed by atoms with Crippen molar-refractivity contribution in [2.45, 2.75) is 26.4 Å². The van der Waals surface area contributed by atoms with Crippen molar-refractivity contribution in [3.63, 3.8) is 0 Å². The highest BCUT2D eigenvalue weighted by Crippen LogP contribution is 2.16. The van der Waals surface area contributed by atoms with Crippen LogP contribution < -0.4 is 5.32 Å². The third kappa shape index (κ3) is 3.41. The lowest BCUT2D eigenvalue weighted by Gasteiger charge is -2.33. The first kappa shape index (κ1) is 12.9. The van der Waals surface area contributed by atoms with Gasteiger partial charge in [-0.3, -0.25) is 4.90 Å². The van der Waals surface area contributed by atoms with E-state index >= 15 is 0 Å². The van der Waals surface area contributed by atoms with Gasteiger partial charge in [-0.2, -0.15) is 0 Å². The largest absolute Gasteiger partial charge is 0.314 e. The summed E-state index contributed by atoms with van der Waals surface area (Å²) in [5, 5.41) is 4.57. The summed E-state index contributed by atoms with van der Waals surface area (Å²) in [5.41, 5.74) is 0. The van der Waals surface area contributed by atoms with Gasteiger partial charge in [0.05, 0.1) is 5.01 Å². The zero-order chi connectivity index (χ0) is 9.97. The van der Waals surface area contributed by atoms with Crippen molar-refractivity contribution in [1.82, 2.24) is 15.2 Å². The van der Waals surface area contributed by atoms with Crippen molar-refractivity contribution in [3.8, 4) is 0 Å². The van der Waals surface area contributed by atoms with Crippen LogP contribution in [0.1, 0.15) is 16.8 Å². The molecule has 15 heavy (non-hydrogen) atoms. The number of hydrogen-bond acceptors (Lipinski definition) is 4. The van der Waals surface area contributed by atoms with E-state index in [-0.39, 0.29) is 12.4 Å². The number of nitrogens with zero attached hydrogens (tertiary/aromatic N) is 2. The van der Waals surface area contributed by atoms with Crippen LogP contribution in [-0.2, 0) is 6.54 Å². The second kappa shape index (κ2) is 5.80. The molecule has 3 nitrogen and oxygen atoms in total. The standard InChI is InChI=1S/C10H17N3S.ClH/c1-8-5-11-3-4-13(8)7-10-6-12-9(2)14-10;/h6,8,11H,3-5,7H2,1-2H3;1H. The molecule has 0 aliphatic carbocycles. The predicted molar refractivity (Wildman–Crippen MR) is 66.8 cm³/mol. The third-order valence-corrected chi connectivity index (χ3v) is 3.56. The number of hydrogen-bond donors (Lipinski definition) is 1. The van der Waals surface area contributed by atoms with Crippen LogP contribution in [-0.4, -0.2) is 35.6 Å². The minimum absolute atomic E-state index is 0. The Morgan fingerprint density at radius 1 is 1.67 bits per heavy atom. The molecule has 1 aromatic rings. The Morgan fingerprint density at radius 3 is 3.07 bits per heavy atom. The Balaban J connectivity index is 0.00000112. The summed E-state index contributed by atoms with van der Waals surface area (Å²) >= 11 is 1.81. The van der Waals surface area contributed by atoms with Gasteiger partial charge in [0.15, 0.2) is 0 Å². The molecule has 5 heteroatoms. The van der Waals surface area contributed by atoms with E-state index in [0.717, 1.165) is 26.2 Å². The first-order valence-corrected chi connectivity index (χ1v) is 5.93. The molecule has 1 fully saturated rings. The summed E-state index contributed by atoms with van der Waals surface area (Å²) in [7, 11) is 0. The molecular weight excluding hydrogens is 230 g/mol. The minimum Gasteiger partial charge on any atom is -0.314 e. The van der Waals surface area contributed by atoms with Crippen LogP contribution >= 0.6 is 23.7 Å². The van der Waals surface area contributed by atoms with E-state index in [4.69, 9.17) is 0 Å². The summed E-state index contributed by atoms with van der Waals surface area (Å²) in [4.78, 5) is 8.19. The van der Waals surface area contributed by atoms with Crippen molar-refractivity contribution in [2.24, 2.45) is 0 Å². The molecule has 86 valence electrons. The van der Waals surface area contributed by atoms with E-state index in [0.29, 0.717) is 6.04 Å². The molecular formula is C10H18ClN3S. The molecule has 2 rings (SSSR count). The van der Waals surface area contributed by atoms with Gasteiger partial charge in [-0.1, -0.05) is 0 Å². The lowest BCUT2D eigenvalue weighted by molar-refractivity contribution is 0.167. The topological polar surface area (TPSA) is 28.2 Å². The molecule has 1 unspecified atom stereocenters. The number of thiazole rings is 1. The molecule has 1 saturated heterocycles. The lowest BCUT2D eigenvalue weighted by Crippen LogP contribution is -2.49. The fraction of sp³-hybridized carbons (Fsp3) is 0.700. The lowest BCUT2D eigenvalue weighted by atomic mass is 10.2. The van der Waals surface area contributed by atoms with Crippen molar-refractivity contribution >= 4 is 23.7 Å². The second-order valence-corrected chi connectivity index (χ2v) is 5.19. The van der Waals surface area contributed by atoms with Gasteiger partial charge in [0.25, 0.3) is 0 Å². The molecule has 1 aromatic heterocycles. The van der Waals surface area contributed by atoms with E-state index < -0.39 is 0 Å². The molecule has 0 spiro atoms. The van der Waals surface area contributed by atoms with Crippen molar-refractivity contribution in [3.05, 3.63) is 16.1 Å². The normalized spacial score (nSPS) is 22.4. The van der Waals surface area contributed by atoms with Crippen LogP contribution in [0.5, 0.6) is 0 Å². The van der Waals surface area contributed by atoms with E-state index in [1.165, 1.54) is 9.88 Å². The number of aromatic nitrogens is 1. The zero-order valence-electron chi connectivity index (χ0n) is 9.19. The fourth-order valence-electron chi connectivity index (χ4n) is 1.80. The maximum Gasteiger partial charge on any atom is 0.0897 e. The van der Waals surface area contributed by atoms with Gasteiger partial charge in [-0.15, -0.1) is 23.7 Å². The molecule has 0 radical (unpaired) electrons. The maximum absolute atomic E-state index is 4.28. The number of piperazine rings is 1. The smallest absolute Gasteiger partial charge is 0.0897 e. The average Bonchev–Trinajstić information content (AvgIpc) is 2.56. The molecule has 1 atom stereocenters. The number of nitrogens with one attached hydrogen (secondary N) is 1. The molecule has 0 amide bonds. The van der Waals surface area contributed by atoms with E-state index in [9.17, 15) is 0 Å². The quantitative estimate of drug-likeness (QED) is 0.862. The highest BCUT2D eigenvalue weighted by Gasteiger charge is 2.18. The summed E-state index contributed by atoms with van der Waals surface area (Å²) in [6.45, 7) is 8.78. The minimum atomic E-state index is 0. The van der Waals surface area contributed by atoms with Crippen molar-refractivity contribution in [2.75, 3.05) is 19.6 Å². The van der Waals surface area contributed by atoms with Gasteiger partial charge in [-0.25, -0.2) is 4.98 Å². The number of halogens is 1. The Bertz CT molecular complexity index is 303. The second-order valence-electron chi connectivity index (χ2n) is 3.87. The van der Waals surface area contributed by atoms with Crippen LogP contribution in [0, 0.1) is 6.92 Å². The van der Waals surface area contributed by atoms with Crippen LogP contribution in [0.3, 0.4) is 0 Å². The van der Waals surface area contributed by atoms with Crippen LogP contribution in [0.4, 0.5) is 0 Å². The van der Waals surface area contributed by atoms with E-state index in [2.05, 4.69) is 29.0 Å².